The average molecular weight is 239 g/mol. The summed E-state index contributed by atoms with van der Waals surface area (Å²) in [5.41, 5.74) is 0.664. The van der Waals surface area contributed by atoms with Crippen LogP contribution in [0.5, 0.6) is 11.5 Å². The molecule has 0 saturated carbocycles. The van der Waals surface area contributed by atoms with Crippen LogP contribution in [0.25, 0.3) is 0 Å². The molecule has 1 aliphatic rings. The summed E-state index contributed by atoms with van der Waals surface area (Å²) in [6.45, 7) is 1.99. The fourth-order valence-corrected chi connectivity index (χ4v) is 2.31. The minimum absolute atomic E-state index is 0.0908. The Labute approximate surface area is 101 Å². The van der Waals surface area contributed by atoms with E-state index in [1.165, 1.54) is 19.2 Å². The Hall–Kier alpha value is -1.29. The highest BCUT2D eigenvalue weighted by atomic mass is 19.1. The molecular formula is C13H18FNO2. The van der Waals surface area contributed by atoms with Gasteiger partial charge in [0.25, 0.3) is 0 Å². The Balaban J connectivity index is 2.12. The lowest BCUT2D eigenvalue weighted by atomic mass is 9.92. The van der Waals surface area contributed by atoms with Crippen LogP contribution in [0.2, 0.25) is 0 Å². The number of piperidine rings is 1. The number of benzene rings is 1. The number of aromatic hydroxyl groups is 1. The van der Waals surface area contributed by atoms with Gasteiger partial charge in [-0.2, -0.15) is 0 Å². The molecule has 1 aromatic rings. The van der Waals surface area contributed by atoms with Crippen LogP contribution in [0, 0.1) is 11.7 Å². The molecule has 0 radical (unpaired) electrons. The third-order valence-corrected chi connectivity index (χ3v) is 3.26. The largest absolute Gasteiger partial charge is 0.508 e. The van der Waals surface area contributed by atoms with Gasteiger partial charge in [-0.1, -0.05) is 0 Å². The molecule has 2 N–H and O–H groups in total. The van der Waals surface area contributed by atoms with Crippen LogP contribution < -0.4 is 10.1 Å². The van der Waals surface area contributed by atoms with Crippen LogP contribution >= 0.6 is 0 Å². The lowest BCUT2D eigenvalue weighted by Crippen LogP contribution is -2.30. The van der Waals surface area contributed by atoms with E-state index in [2.05, 4.69) is 5.32 Å². The van der Waals surface area contributed by atoms with E-state index < -0.39 is 5.82 Å². The van der Waals surface area contributed by atoms with Gasteiger partial charge in [-0.05, 0) is 49.9 Å². The highest BCUT2D eigenvalue weighted by molar-refractivity contribution is 5.41. The molecule has 2 rings (SSSR count). The minimum Gasteiger partial charge on any atom is -0.508 e. The molecule has 0 aromatic heterocycles. The quantitative estimate of drug-likeness (QED) is 0.848. The van der Waals surface area contributed by atoms with E-state index in [1.54, 1.807) is 0 Å². The van der Waals surface area contributed by atoms with Gasteiger partial charge < -0.3 is 15.2 Å². The van der Waals surface area contributed by atoms with Gasteiger partial charge in [0, 0.05) is 6.07 Å². The first-order valence-electron chi connectivity index (χ1n) is 5.97. The zero-order chi connectivity index (χ0) is 12.3. The van der Waals surface area contributed by atoms with Gasteiger partial charge in [-0.25, -0.2) is 4.39 Å². The molecule has 1 atom stereocenters. The minimum atomic E-state index is -0.413. The van der Waals surface area contributed by atoms with Gasteiger partial charge in [0.2, 0.25) is 0 Å². The topological polar surface area (TPSA) is 41.5 Å². The fraction of sp³-hybridized carbons (Fsp3) is 0.538. The smallest absolute Gasteiger partial charge is 0.165 e. The van der Waals surface area contributed by atoms with Crippen LogP contribution in [-0.4, -0.2) is 25.3 Å². The van der Waals surface area contributed by atoms with E-state index in [4.69, 9.17) is 4.74 Å². The van der Waals surface area contributed by atoms with Crippen LogP contribution in [-0.2, 0) is 6.42 Å². The molecular weight excluding hydrogens is 221 g/mol. The second kappa shape index (κ2) is 5.36. The second-order valence-corrected chi connectivity index (χ2v) is 4.53. The fourth-order valence-electron chi connectivity index (χ4n) is 2.31. The number of phenolic OH excluding ortho intramolecular Hbond substituents is 1. The number of methoxy groups -OCH3 is 1. The zero-order valence-electron chi connectivity index (χ0n) is 10.0. The Morgan fingerprint density at radius 1 is 1.53 bits per heavy atom. The summed E-state index contributed by atoms with van der Waals surface area (Å²) in [5, 5.41) is 13.1. The van der Waals surface area contributed by atoms with E-state index >= 15 is 0 Å². The molecule has 1 saturated heterocycles. The predicted octanol–water partition coefficient (Wildman–Crippen LogP) is 2.08. The first-order valence-corrected chi connectivity index (χ1v) is 5.97. The molecule has 1 aromatic carbocycles. The van der Waals surface area contributed by atoms with Crippen molar-refractivity contribution in [1.82, 2.24) is 5.32 Å². The lowest BCUT2D eigenvalue weighted by Gasteiger charge is -2.23. The van der Waals surface area contributed by atoms with E-state index in [0.717, 1.165) is 25.9 Å². The highest BCUT2D eigenvalue weighted by Crippen LogP contribution is 2.29. The normalized spacial score (nSPS) is 20.2. The van der Waals surface area contributed by atoms with E-state index in [0.29, 0.717) is 17.9 Å². The van der Waals surface area contributed by atoms with Gasteiger partial charge in [0.15, 0.2) is 11.6 Å². The van der Waals surface area contributed by atoms with Crippen molar-refractivity contribution in [3.05, 3.63) is 23.5 Å². The van der Waals surface area contributed by atoms with Crippen molar-refractivity contribution in [2.75, 3.05) is 20.2 Å². The summed E-state index contributed by atoms with van der Waals surface area (Å²) in [7, 11) is 1.39. The van der Waals surface area contributed by atoms with Crippen molar-refractivity contribution in [2.24, 2.45) is 5.92 Å². The first-order chi connectivity index (χ1) is 8.20. The maximum atomic E-state index is 13.5. The molecule has 0 bridgehead atoms. The van der Waals surface area contributed by atoms with Gasteiger partial charge in [0.1, 0.15) is 5.75 Å². The lowest BCUT2D eigenvalue weighted by molar-refractivity contribution is 0.362. The number of hydrogen-bond donors (Lipinski definition) is 2. The van der Waals surface area contributed by atoms with Crippen molar-refractivity contribution in [1.29, 1.82) is 0 Å². The van der Waals surface area contributed by atoms with E-state index in [1.807, 2.05) is 0 Å². The summed E-state index contributed by atoms with van der Waals surface area (Å²) in [5.74, 6) is 0.272. The van der Waals surface area contributed by atoms with Crippen molar-refractivity contribution < 1.29 is 14.2 Å². The maximum Gasteiger partial charge on any atom is 0.165 e. The molecule has 1 aliphatic heterocycles. The highest BCUT2D eigenvalue weighted by Gasteiger charge is 2.17. The summed E-state index contributed by atoms with van der Waals surface area (Å²) in [4.78, 5) is 0. The Kier molecular flexibility index (Phi) is 3.84. The number of halogens is 1. The summed E-state index contributed by atoms with van der Waals surface area (Å²) < 4.78 is 18.4. The average Bonchev–Trinajstić information content (AvgIpc) is 2.34. The van der Waals surface area contributed by atoms with Crippen LogP contribution in [0.1, 0.15) is 18.4 Å². The van der Waals surface area contributed by atoms with Gasteiger partial charge >= 0.3 is 0 Å². The molecule has 1 unspecified atom stereocenters. The molecule has 0 amide bonds. The van der Waals surface area contributed by atoms with Gasteiger partial charge in [0.05, 0.1) is 7.11 Å². The number of phenols is 1. The molecule has 3 nitrogen and oxygen atoms in total. The standard InChI is InChI=1S/C13H18FNO2/c1-17-13-7-12(16)10(6-11(13)14)5-9-3-2-4-15-8-9/h6-7,9,15-16H,2-5,8H2,1H3. The molecule has 1 fully saturated rings. The van der Waals surface area contributed by atoms with E-state index in [-0.39, 0.29) is 11.5 Å². The van der Waals surface area contributed by atoms with E-state index in [9.17, 15) is 9.50 Å². The monoisotopic (exact) mass is 239 g/mol. The second-order valence-electron chi connectivity index (χ2n) is 4.53. The molecule has 1 heterocycles. The summed E-state index contributed by atoms with van der Waals surface area (Å²) in [6.07, 6.45) is 2.98. The SMILES string of the molecule is COc1cc(O)c(CC2CCCNC2)cc1F. The number of ether oxygens (including phenoxy) is 1. The molecule has 17 heavy (non-hydrogen) atoms. The molecule has 0 aliphatic carbocycles. The van der Waals surface area contributed by atoms with Gasteiger partial charge in [-0.15, -0.1) is 0 Å². The predicted molar refractivity (Wildman–Crippen MR) is 63.9 cm³/mol. The maximum absolute atomic E-state index is 13.5. The molecule has 4 heteroatoms. The number of rotatable bonds is 3. The third-order valence-electron chi connectivity index (χ3n) is 3.26. The number of hydrogen-bond acceptors (Lipinski definition) is 3. The Bertz CT molecular complexity index is 389. The van der Waals surface area contributed by atoms with Crippen LogP contribution in [0.3, 0.4) is 0 Å². The Morgan fingerprint density at radius 2 is 2.35 bits per heavy atom. The molecule has 0 spiro atoms. The molecule has 94 valence electrons. The number of nitrogens with one attached hydrogen (secondary N) is 1. The van der Waals surface area contributed by atoms with Crippen molar-refractivity contribution in [3.63, 3.8) is 0 Å². The Morgan fingerprint density at radius 3 is 3.00 bits per heavy atom. The first kappa shape index (κ1) is 12.2. The van der Waals surface area contributed by atoms with Crippen molar-refractivity contribution in [3.8, 4) is 11.5 Å². The van der Waals surface area contributed by atoms with Crippen molar-refractivity contribution >= 4 is 0 Å². The summed E-state index contributed by atoms with van der Waals surface area (Å²) in [6, 6.07) is 2.73. The summed E-state index contributed by atoms with van der Waals surface area (Å²) >= 11 is 0. The van der Waals surface area contributed by atoms with Crippen molar-refractivity contribution in [2.45, 2.75) is 19.3 Å². The van der Waals surface area contributed by atoms with Crippen LogP contribution in [0.15, 0.2) is 12.1 Å². The van der Waals surface area contributed by atoms with Crippen LogP contribution in [0.4, 0.5) is 4.39 Å². The zero-order valence-corrected chi connectivity index (χ0v) is 10.0. The van der Waals surface area contributed by atoms with Gasteiger partial charge in [-0.3, -0.25) is 0 Å². The third kappa shape index (κ3) is 2.88.